The summed E-state index contributed by atoms with van der Waals surface area (Å²) >= 11 is 31.2. The van der Waals surface area contributed by atoms with Gasteiger partial charge < -0.3 is 14.8 Å². The van der Waals surface area contributed by atoms with E-state index in [9.17, 15) is 9.59 Å². The van der Waals surface area contributed by atoms with Crippen LogP contribution in [-0.4, -0.2) is 43.0 Å². The fraction of sp³-hybridized carbons (Fsp3) is 0.417. The average molecular weight is 568 g/mol. The topological polar surface area (TPSA) is 64.6 Å². The van der Waals surface area contributed by atoms with E-state index in [0.29, 0.717) is 64.5 Å². The minimum absolute atomic E-state index is 0.111. The van der Waals surface area contributed by atoms with Gasteiger partial charge in [0, 0.05) is 47.4 Å². The number of benzene rings is 2. The van der Waals surface area contributed by atoms with Crippen molar-refractivity contribution in [1.29, 1.82) is 0 Å². The Morgan fingerprint density at radius 2 is 1.68 bits per heavy atom. The number of amides is 1. The van der Waals surface area contributed by atoms with Gasteiger partial charge in [0.25, 0.3) is 0 Å². The first-order chi connectivity index (χ1) is 16.1. The fourth-order valence-corrected chi connectivity index (χ4v) is 5.32. The number of carbonyl (C=O) groups is 2. The highest BCUT2D eigenvalue weighted by molar-refractivity contribution is 6.53. The molecule has 184 valence electrons. The Morgan fingerprint density at radius 1 is 0.971 bits per heavy atom. The lowest BCUT2D eigenvalue weighted by molar-refractivity contribution is -0.117. The zero-order chi connectivity index (χ0) is 24.9. The van der Waals surface area contributed by atoms with E-state index in [1.165, 1.54) is 0 Å². The van der Waals surface area contributed by atoms with Crippen molar-refractivity contribution < 1.29 is 19.1 Å². The summed E-state index contributed by atoms with van der Waals surface area (Å²) in [5.41, 5.74) is 1.46. The molecule has 34 heavy (non-hydrogen) atoms. The zero-order valence-corrected chi connectivity index (χ0v) is 22.2. The SMILES string of the molecule is COCCOCCCCC(=O)c1cc(NC(=O)C2C(c3cc(Cl)cc(Cl)c3)C2(Cl)Cl)ccc1Cl. The molecule has 1 amide bonds. The minimum atomic E-state index is -1.30. The summed E-state index contributed by atoms with van der Waals surface area (Å²) in [5.74, 6) is -1.66. The van der Waals surface area contributed by atoms with Crippen molar-refractivity contribution in [2.24, 2.45) is 5.92 Å². The number of Topliss-reactive ketones (excluding diaryl/α,β-unsaturated/α-hetero) is 1. The van der Waals surface area contributed by atoms with Crippen LogP contribution in [0, 0.1) is 5.92 Å². The Balaban J connectivity index is 1.60. The molecule has 0 saturated heterocycles. The largest absolute Gasteiger partial charge is 0.382 e. The molecule has 0 aliphatic heterocycles. The third-order valence-corrected chi connectivity index (χ3v) is 7.20. The van der Waals surface area contributed by atoms with Gasteiger partial charge >= 0.3 is 0 Å². The predicted octanol–water partition coefficient (Wildman–Crippen LogP) is 7.19. The van der Waals surface area contributed by atoms with Crippen LogP contribution in [0.1, 0.15) is 41.1 Å². The van der Waals surface area contributed by atoms with Gasteiger partial charge in [-0.3, -0.25) is 9.59 Å². The van der Waals surface area contributed by atoms with Gasteiger partial charge in [-0.05, 0) is 54.8 Å². The van der Waals surface area contributed by atoms with Gasteiger partial charge in [0.15, 0.2) is 5.78 Å². The van der Waals surface area contributed by atoms with E-state index in [1.807, 2.05) is 0 Å². The molecule has 1 fully saturated rings. The summed E-state index contributed by atoms with van der Waals surface area (Å²) in [4.78, 5) is 25.6. The van der Waals surface area contributed by atoms with E-state index in [-0.39, 0.29) is 11.7 Å². The normalized spacial score (nSPS) is 18.5. The number of hydrogen-bond acceptors (Lipinski definition) is 4. The number of ether oxygens (including phenoxy) is 2. The fourth-order valence-electron chi connectivity index (χ4n) is 3.73. The molecule has 2 atom stereocenters. The van der Waals surface area contributed by atoms with Gasteiger partial charge in [-0.15, -0.1) is 23.2 Å². The van der Waals surface area contributed by atoms with E-state index in [2.05, 4.69) is 5.32 Å². The van der Waals surface area contributed by atoms with Crippen LogP contribution in [0.2, 0.25) is 15.1 Å². The average Bonchev–Trinajstić information content (AvgIpc) is 3.35. The molecule has 0 spiro atoms. The molecule has 0 bridgehead atoms. The second-order valence-corrected chi connectivity index (χ2v) is 10.7. The number of unbranched alkanes of at least 4 members (excludes halogenated alkanes) is 1. The number of alkyl halides is 2. The van der Waals surface area contributed by atoms with Crippen LogP contribution in [0.25, 0.3) is 0 Å². The lowest BCUT2D eigenvalue weighted by atomic mass is 10.0. The van der Waals surface area contributed by atoms with Crippen LogP contribution in [0.5, 0.6) is 0 Å². The van der Waals surface area contributed by atoms with E-state index < -0.39 is 16.2 Å². The monoisotopic (exact) mass is 565 g/mol. The second-order valence-electron chi connectivity index (χ2n) is 8.00. The first-order valence-electron chi connectivity index (χ1n) is 10.7. The molecule has 0 aromatic heterocycles. The summed E-state index contributed by atoms with van der Waals surface area (Å²) in [6.45, 7) is 1.62. The minimum Gasteiger partial charge on any atom is -0.382 e. The molecule has 2 aromatic carbocycles. The number of halogens is 5. The summed E-state index contributed by atoms with van der Waals surface area (Å²) < 4.78 is 9.02. The van der Waals surface area contributed by atoms with Crippen LogP contribution in [-0.2, 0) is 14.3 Å². The van der Waals surface area contributed by atoms with E-state index >= 15 is 0 Å². The molecule has 2 aromatic rings. The Labute approximate surface area is 223 Å². The van der Waals surface area contributed by atoms with Crippen LogP contribution >= 0.6 is 58.0 Å². The molecular formula is C24H24Cl5NO4. The van der Waals surface area contributed by atoms with Gasteiger partial charge in [-0.25, -0.2) is 0 Å². The van der Waals surface area contributed by atoms with Crippen molar-refractivity contribution in [1.82, 2.24) is 0 Å². The zero-order valence-electron chi connectivity index (χ0n) is 18.4. The molecule has 1 aliphatic rings. The first-order valence-corrected chi connectivity index (χ1v) is 12.6. The summed E-state index contributed by atoms with van der Waals surface area (Å²) in [6, 6.07) is 9.73. The first kappa shape index (κ1) is 27.5. The van der Waals surface area contributed by atoms with Crippen molar-refractivity contribution in [2.45, 2.75) is 29.5 Å². The van der Waals surface area contributed by atoms with Crippen LogP contribution in [0.15, 0.2) is 36.4 Å². The molecule has 10 heteroatoms. The van der Waals surface area contributed by atoms with Crippen molar-refractivity contribution >= 4 is 75.4 Å². The molecule has 1 saturated carbocycles. The molecule has 0 radical (unpaired) electrons. The van der Waals surface area contributed by atoms with Gasteiger partial charge in [-0.2, -0.15) is 0 Å². The van der Waals surface area contributed by atoms with Crippen molar-refractivity contribution in [3.63, 3.8) is 0 Å². The van der Waals surface area contributed by atoms with Gasteiger partial charge in [-0.1, -0.05) is 34.8 Å². The summed E-state index contributed by atoms with van der Waals surface area (Å²) in [7, 11) is 1.61. The van der Waals surface area contributed by atoms with Crippen molar-refractivity contribution in [3.8, 4) is 0 Å². The maximum absolute atomic E-state index is 12.9. The highest BCUT2D eigenvalue weighted by atomic mass is 35.5. The van der Waals surface area contributed by atoms with Gasteiger partial charge in [0.2, 0.25) is 5.91 Å². The number of ketones is 1. The number of carbonyl (C=O) groups excluding carboxylic acids is 2. The van der Waals surface area contributed by atoms with Crippen LogP contribution < -0.4 is 5.32 Å². The highest BCUT2D eigenvalue weighted by Crippen LogP contribution is 2.65. The Morgan fingerprint density at radius 3 is 2.35 bits per heavy atom. The molecule has 3 rings (SSSR count). The van der Waals surface area contributed by atoms with E-state index in [0.717, 1.165) is 6.42 Å². The number of rotatable bonds is 12. The Bertz CT molecular complexity index is 1030. The van der Waals surface area contributed by atoms with Crippen molar-refractivity contribution in [2.75, 3.05) is 32.2 Å². The number of anilines is 1. The Hall–Kier alpha value is -1.05. The number of hydrogen-bond donors (Lipinski definition) is 1. The molecule has 1 N–H and O–H groups in total. The molecular weight excluding hydrogens is 544 g/mol. The maximum Gasteiger partial charge on any atom is 0.231 e. The van der Waals surface area contributed by atoms with Crippen LogP contribution in [0.3, 0.4) is 0 Å². The lowest BCUT2D eigenvalue weighted by Gasteiger charge is -2.09. The standard InChI is InChI=1S/C24H24Cl5NO4/c1-33-8-9-34-7-3-2-4-20(31)18-13-17(5-6-19(18)27)30-23(32)22-21(24(22,28)29)14-10-15(25)12-16(26)11-14/h5-6,10-13,21-22H,2-4,7-9H2,1H3,(H,30,32). The van der Waals surface area contributed by atoms with Gasteiger partial charge in [0.05, 0.1) is 24.2 Å². The van der Waals surface area contributed by atoms with E-state index in [4.69, 9.17) is 67.5 Å². The van der Waals surface area contributed by atoms with Crippen molar-refractivity contribution in [3.05, 3.63) is 62.6 Å². The van der Waals surface area contributed by atoms with E-state index in [1.54, 1.807) is 43.5 Å². The quantitative estimate of drug-likeness (QED) is 0.168. The van der Waals surface area contributed by atoms with Gasteiger partial charge in [0.1, 0.15) is 4.33 Å². The molecule has 5 nitrogen and oxygen atoms in total. The molecule has 2 unspecified atom stereocenters. The van der Waals surface area contributed by atoms with Crippen LogP contribution in [0.4, 0.5) is 5.69 Å². The number of nitrogens with one attached hydrogen (secondary N) is 1. The summed E-state index contributed by atoms with van der Waals surface area (Å²) in [5, 5.41) is 3.97. The maximum atomic E-state index is 12.9. The lowest BCUT2D eigenvalue weighted by Crippen LogP contribution is -2.17. The third kappa shape index (κ3) is 7.01. The highest BCUT2D eigenvalue weighted by Gasteiger charge is 2.67. The molecule has 0 heterocycles. The second kappa shape index (κ2) is 12.3. The molecule has 1 aliphatic carbocycles. The number of methoxy groups -OCH3 is 1. The third-order valence-electron chi connectivity index (χ3n) is 5.49. The Kier molecular flexibility index (Phi) is 9.93. The smallest absolute Gasteiger partial charge is 0.231 e. The summed E-state index contributed by atoms with van der Waals surface area (Å²) in [6.07, 6.45) is 1.72. The predicted molar refractivity (Wildman–Crippen MR) is 138 cm³/mol.